The Hall–Kier alpha value is -3.38. The van der Waals surface area contributed by atoms with E-state index in [0.717, 1.165) is 10.5 Å². The molecule has 0 spiro atoms. The molecule has 0 radical (unpaired) electrons. The highest BCUT2D eigenvalue weighted by atomic mass is 35.5. The lowest BCUT2D eigenvalue weighted by Gasteiger charge is -2.18. The average molecular weight is 409 g/mol. The Labute approximate surface area is 172 Å². The number of benzene rings is 2. The number of hydrogen-bond donors (Lipinski definition) is 0. The molecular formula is C22H17ClN2O4. The van der Waals surface area contributed by atoms with Gasteiger partial charge in [0.15, 0.2) is 0 Å². The smallest absolute Gasteiger partial charge is 0.261 e. The first-order chi connectivity index (χ1) is 14.0. The highest BCUT2D eigenvalue weighted by Crippen LogP contribution is 2.26. The zero-order valence-electron chi connectivity index (χ0n) is 15.6. The van der Waals surface area contributed by atoms with Gasteiger partial charge in [-0.1, -0.05) is 29.8 Å². The Morgan fingerprint density at radius 1 is 1.03 bits per heavy atom. The maximum Gasteiger partial charge on any atom is 0.261 e. The first kappa shape index (κ1) is 19.0. The fourth-order valence-electron chi connectivity index (χ4n) is 3.30. The predicted octanol–water partition coefficient (Wildman–Crippen LogP) is 4.00. The van der Waals surface area contributed by atoms with Gasteiger partial charge in [-0.2, -0.15) is 0 Å². The van der Waals surface area contributed by atoms with Gasteiger partial charge in [-0.25, -0.2) is 0 Å². The summed E-state index contributed by atoms with van der Waals surface area (Å²) in [5.74, 6) is -0.595. The summed E-state index contributed by atoms with van der Waals surface area (Å²) < 4.78 is 5.23. The number of furan rings is 1. The molecule has 146 valence electrons. The molecule has 0 atom stereocenters. The lowest BCUT2D eigenvalue weighted by Crippen LogP contribution is -2.29. The van der Waals surface area contributed by atoms with E-state index in [9.17, 15) is 14.4 Å². The number of fused-ring (bicyclic) bond motifs is 1. The molecule has 2 aromatic carbocycles. The van der Waals surface area contributed by atoms with Crippen molar-refractivity contribution in [2.45, 2.75) is 13.1 Å². The summed E-state index contributed by atoms with van der Waals surface area (Å²) in [6.45, 7) is 0.377. The second-order valence-electron chi connectivity index (χ2n) is 6.79. The molecule has 0 fully saturated rings. The summed E-state index contributed by atoms with van der Waals surface area (Å²) in [5, 5.41) is 0.579. The van der Waals surface area contributed by atoms with Crippen LogP contribution >= 0.6 is 11.6 Å². The van der Waals surface area contributed by atoms with Gasteiger partial charge in [0.2, 0.25) is 0 Å². The van der Waals surface area contributed by atoms with Crippen LogP contribution in [-0.4, -0.2) is 34.6 Å². The van der Waals surface area contributed by atoms with Crippen LogP contribution in [0.5, 0.6) is 0 Å². The van der Waals surface area contributed by atoms with Crippen molar-refractivity contribution in [2.75, 3.05) is 7.05 Å². The maximum absolute atomic E-state index is 12.8. The van der Waals surface area contributed by atoms with Gasteiger partial charge in [-0.05, 0) is 42.0 Å². The zero-order chi connectivity index (χ0) is 20.5. The molecule has 3 aromatic rings. The molecule has 0 bridgehead atoms. The Balaban J connectivity index is 1.55. The van der Waals surface area contributed by atoms with E-state index in [1.165, 1.54) is 23.3 Å². The van der Waals surface area contributed by atoms with Crippen molar-refractivity contribution in [3.63, 3.8) is 0 Å². The van der Waals surface area contributed by atoms with E-state index in [1.807, 2.05) is 18.2 Å². The normalized spacial score (nSPS) is 13.0. The van der Waals surface area contributed by atoms with Gasteiger partial charge in [0.1, 0.15) is 5.76 Å². The second kappa shape index (κ2) is 7.56. The number of halogens is 1. The first-order valence-electron chi connectivity index (χ1n) is 8.97. The largest absolute Gasteiger partial charge is 0.467 e. The molecule has 3 amide bonds. The van der Waals surface area contributed by atoms with Gasteiger partial charge in [-0.3, -0.25) is 19.3 Å². The van der Waals surface area contributed by atoms with Crippen molar-refractivity contribution in [3.8, 4) is 0 Å². The summed E-state index contributed by atoms with van der Waals surface area (Å²) >= 11 is 6.17. The summed E-state index contributed by atoms with van der Waals surface area (Å²) in [6, 6.07) is 15.2. The van der Waals surface area contributed by atoms with Gasteiger partial charge in [0.05, 0.1) is 23.9 Å². The maximum atomic E-state index is 12.8. The van der Waals surface area contributed by atoms with Crippen LogP contribution in [-0.2, 0) is 13.1 Å². The molecule has 0 unspecified atom stereocenters. The van der Waals surface area contributed by atoms with Gasteiger partial charge >= 0.3 is 0 Å². The predicted molar refractivity (Wildman–Crippen MR) is 107 cm³/mol. The number of imide groups is 1. The lowest BCUT2D eigenvalue weighted by atomic mass is 10.0. The topological polar surface area (TPSA) is 70.8 Å². The number of rotatable bonds is 5. The fourth-order valence-corrected chi connectivity index (χ4v) is 3.50. The molecule has 0 saturated carbocycles. The molecule has 0 aliphatic carbocycles. The van der Waals surface area contributed by atoms with Crippen LogP contribution in [0.3, 0.4) is 0 Å². The Kier molecular flexibility index (Phi) is 4.94. The number of carbonyl (C=O) groups excluding carboxylic acids is 3. The SMILES string of the molecule is CN(Cc1ccccc1Cl)C(=O)c1ccc2c(c1)C(=O)N(Cc1ccco1)C2=O. The van der Waals surface area contributed by atoms with Crippen molar-refractivity contribution in [1.82, 2.24) is 9.80 Å². The van der Waals surface area contributed by atoms with Crippen molar-refractivity contribution >= 4 is 29.3 Å². The van der Waals surface area contributed by atoms with Crippen molar-refractivity contribution in [3.05, 3.63) is 93.9 Å². The molecule has 2 heterocycles. The third-order valence-electron chi connectivity index (χ3n) is 4.82. The van der Waals surface area contributed by atoms with Crippen molar-refractivity contribution < 1.29 is 18.8 Å². The first-order valence-corrected chi connectivity index (χ1v) is 9.35. The summed E-state index contributed by atoms with van der Waals surface area (Å²) in [4.78, 5) is 40.8. The molecule has 6 nitrogen and oxygen atoms in total. The Morgan fingerprint density at radius 3 is 2.52 bits per heavy atom. The summed E-state index contributed by atoms with van der Waals surface area (Å²) in [6.07, 6.45) is 1.49. The van der Waals surface area contributed by atoms with E-state index >= 15 is 0 Å². The standard InChI is InChI=1S/C22H17ClN2O4/c1-24(12-15-5-2-3-7-19(15)23)20(26)14-8-9-17-18(11-14)22(28)25(21(17)27)13-16-6-4-10-29-16/h2-11H,12-13H2,1H3. The Morgan fingerprint density at radius 2 is 1.79 bits per heavy atom. The molecule has 0 saturated heterocycles. The van der Waals surface area contributed by atoms with Crippen molar-refractivity contribution in [1.29, 1.82) is 0 Å². The molecule has 29 heavy (non-hydrogen) atoms. The van der Waals surface area contributed by atoms with Gasteiger partial charge < -0.3 is 9.32 Å². The molecule has 1 aliphatic heterocycles. The molecule has 7 heteroatoms. The Bertz CT molecular complexity index is 1110. The number of hydrogen-bond acceptors (Lipinski definition) is 4. The van der Waals surface area contributed by atoms with Crippen LogP contribution in [0.1, 0.15) is 42.4 Å². The number of amides is 3. The molecule has 0 N–H and O–H groups in total. The van der Waals surface area contributed by atoms with Crippen LogP contribution in [0.4, 0.5) is 0 Å². The fraction of sp³-hybridized carbons (Fsp3) is 0.136. The second-order valence-corrected chi connectivity index (χ2v) is 7.20. The van der Waals surface area contributed by atoms with Crippen LogP contribution in [0, 0.1) is 0 Å². The van der Waals surface area contributed by atoms with E-state index in [0.29, 0.717) is 22.9 Å². The molecule has 4 rings (SSSR count). The monoisotopic (exact) mass is 408 g/mol. The van der Waals surface area contributed by atoms with E-state index in [1.54, 1.807) is 31.3 Å². The van der Waals surface area contributed by atoms with Crippen LogP contribution < -0.4 is 0 Å². The third-order valence-corrected chi connectivity index (χ3v) is 5.19. The third kappa shape index (κ3) is 3.54. The molecular weight excluding hydrogens is 392 g/mol. The summed E-state index contributed by atoms with van der Waals surface area (Å²) in [5.41, 5.74) is 1.66. The highest BCUT2D eigenvalue weighted by Gasteiger charge is 2.36. The molecule has 1 aromatic heterocycles. The zero-order valence-corrected chi connectivity index (χ0v) is 16.3. The number of carbonyl (C=O) groups is 3. The van der Waals surface area contributed by atoms with Crippen LogP contribution in [0.2, 0.25) is 5.02 Å². The average Bonchev–Trinajstić information content (AvgIpc) is 3.32. The minimum atomic E-state index is -0.440. The van der Waals surface area contributed by atoms with Gasteiger partial charge in [0, 0.05) is 24.2 Å². The van der Waals surface area contributed by atoms with Crippen molar-refractivity contribution in [2.24, 2.45) is 0 Å². The molecule has 1 aliphatic rings. The van der Waals surface area contributed by atoms with E-state index in [-0.39, 0.29) is 23.6 Å². The minimum Gasteiger partial charge on any atom is -0.467 e. The van der Waals surface area contributed by atoms with E-state index in [2.05, 4.69) is 0 Å². The van der Waals surface area contributed by atoms with Gasteiger partial charge in [-0.15, -0.1) is 0 Å². The van der Waals surface area contributed by atoms with Gasteiger partial charge in [0.25, 0.3) is 17.7 Å². The summed E-state index contributed by atoms with van der Waals surface area (Å²) in [7, 11) is 1.66. The van der Waals surface area contributed by atoms with E-state index in [4.69, 9.17) is 16.0 Å². The highest BCUT2D eigenvalue weighted by molar-refractivity contribution is 6.31. The van der Waals surface area contributed by atoms with E-state index < -0.39 is 11.8 Å². The minimum absolute atomic E-state index is 0.0506. The number of nitrogens with zero attached hydrogens (tertiary/aromatic N) is 2. The van der Waals surface area contributed by atoms with Crippen LogP contribution in [0.25, 0.3) is 0 Å². The lowest BCUT2D eigenvalue weighted by molar-refractivity contribution is 0.0631. The quantitative estimate of drug-likeness (QED) is 0.598. The van der Waals surface area contributed by atoms with Crippen LogP contribution in [0.15, 0.2) is 65.3 Å².